The van der Waals surface area contributed by atoms with Gasteiger partial charge in [-0.1, -0.05) is 206 Å². The summed E-state index contributed by atoms with van der Waals surface area (Å²) in [6.07, 6.45) is 70.4. The summed E-state index contributed by atoms with van der Waals surface area (Å²) in [7, 11) is 0. The maximum atomic E-state index is 12.8. The van der Waals surface area contributed by atoms with Crippen LogP contribution in [-0.4, -0.2) is 37.2 Å². The lowest BCUT2D eigenvalue weighted by Crippen LogP contribution is -2.30. The molecule has 0 heterocycles. The first kappa shape index (κ1) is 59.8. The molecular weight excluding hydrogens is 793 g/mol. The van der Waals surface area contributed by atoms with Gasteiger partial charge in [0.25, 0.3) is 0 Å². The van der Waals surface area contributed by atoms with E-state index in [1.165, 1.54) is 38.5 Å². The van der Waals surface area contributed by atoms with Gasteiger partial charge in [-0.3, -0.25) is 14.4 Å². The Bertz CT molecular complexity index is 1390. The van der Waals surface area contributed by atoms with Crippen molar-refractivity contribution in [2.45, 2.75) is 213 Å². The van der Waals surface area contributed by atoms with Crippen LogP contribution in [0.1, 0.15) is 207 Å². The molecule has 1 unspecified atom stereocenters. The van der Waals surface area contributed by atoms with Gasteiger partial charge in [0.1, 0.15) is 13.2 Å². The molecule has 360 valence electrons. The SMILES string of the molecule is CC\C=C/C=C\C=C/C=C\CCCCCC(=O)OCC(COC(=O)CCCCCCCCCCC/C=C\C/C=C\C/C=C\CC)OC(=O)CCCCCC/C=C\C/C=C\C/C=C\CC. The lowest BCUT2D eigenvalue weighted by molar-refractivity contribution is -0.167. The van der Waals surface area contributed by atoms with Crippen molar-refractivity contribution in [3.8, 4) is 0 Å². The minimum atomic E-state index is -0.811. The predicted octanol–water partition coefficient (Wildman–Crippen LogP) is 16.9. The van der Waals surface area contributed by atoms with E-state index in [1.54, 1.807) is 0 Å². The second kappa shape index (κ2) is 51.4. The van der Waals surface area contributed by atoms with Crippen molar-refractivity contribution >= 4 is 17.9 Å². The Hall–Kier alpha value is -4.19. The van der Waals surface area contributed by atoms with Crippen molar-refractivity contribution in [2.24, 2.45) is 0 Å². The Morgan fingerprint density at radius 2 is 0.641 bits per heavy atom. The maximum Gasteiger partial charge on any atom is 0.306 e. The van der Waals surface area contributed by atoms with E-state index in [9.17, 15) is 14.4 Å². The van der Waals surface area contributed by atoms with Gasteiger partial charge in [0.15, 0.2) is 6.10 Å². The number of rotatable bonds is 44. The van der Waals surface area contributed by atoms with Gasteiger partial charge < -0.3 is 14.2 Å². The fourth-order valence-corrected chi connectivity index (χ4v) is 6.54. The van der Waals surface area contributed by atoms with Crippen molar-refractivity contribution in [3.05, 3.63) is 122 Å². The Kier molecular flexibility index (Phi) is 48.1. The van der Waals surface area contributed by atoms with Crippen LogP contribution in [0.2, 0.25) is 0 Å². The summed E-state index contributed by atoms with van der Waals surface area (Å²) in [4.78, 5) is 38.0. The zero-order valence-corrected chi connectivity index (χ0v) is 41.0. The van der Waals surface area contributed by atoms with Gasteiger partial charge in [0, 0.05) is 19.3 Å². The Morgan fingerprint density at radius 3 is 1.08 bits per heavy atom. The molecule has 0 aromatic carbocycles. The monoisotopic (exact) mass is 885 g/mol. The van der Waals surface area contributed by atoms with E-state index in [2.05, 4.69) is 106 Å². The molecule has 64 heavy (non-hydrogen) atoms. The number of unbranched alkanes of at least 4 members (excludes halogenated alkanes) is 16. The molecule has 0 saturated carbocycles. The summed E-state index contributed by atoms with van der Waals surface area (Å²) in [5.74, 6) is -0.983. The molecule has 0 bridgehead atoms. The molecule has 0 aromatic rings. The molecule has 0 rings (SSSR count). The highest BCUT2D eigenvalue weighted by molar-refractivity contribution is 5.71. The highest BCUT2D eigenvalue weighted by Crippen LogP contribution is 2.14. The first-order chi connectivity index (χ1) is 31.5. The van der Waals surface area contributed by atoms with Crippen molar-refractivity contribution in [3.63, 3.8) is 0 Å². The third-order valence-electron chi connectivity index (χ3n) is 10.3. The Balaban J connectivity index is 4.46. The first-order valence-electron chi connectivity index (χ1n) is 25.6. The lowest BCUT2D eigenvalue weighted by Gasteiger charge is -2.18. The van der Waals surface area contributed by atoms with Crippen molar-refractivity contribution in [1.29, 1.82) is 0 Å². The van der Waals surface area contributed by atoms with E-state index in [1.807, 2.05) is 36.5 Å². The van der Waals surface area contributed by atoms with Gasteiger partial charge in [0.2, 0.25) is 0 Å². The van der Waals surface area contributed by atoms with E-state index >= 15 is 0 Å². The molecule has 0 aliphatic rings. The third-order valence-corrected chi connectivity index (χ3v) is 10.3. The molecular formula is C58H92O6. The quantitative estimate of drug-likeness (QED) is 0.0199. The molecule has 0 saturated heterocycles. The summed E-state index contributed by atoms with van der Waals surface area (Å²) in [6.45, 7) is 6.20. The molecule has 0 fully saturated rings. The van der Waals surface area contributed by atoms with Gasteiger partial charge in [-0.15, -0.1) is 0 Å². The number of carbonyl (C=O) groups is 3. The highest BCUT2D eigenvalue weighted by atomic mass is 16.6. The zero-order valence-electron chi connectivity index (χ0n) is 41.0. The molecule has 0 aliphatic heterocycles. The minimum absolute atomic E-state index is 0.107. The lowest BCUT2D eigenvalue weighted by atomic mass is 10.1. The Morgan fingerprint density at radius 1 is 0.328 bits per heavy atom. The molecule has 0 aromatic heterocycles. The van der Waals surface area contributed by atoms with Crippen molar-refractivity contribution in [1.82, 2.24) is 0 Å². The smallest absolute Gasteiger partial charge is 0.306 e. The van der Waals surface area contributed by atoms with Crippen LogP contribution in [0, 0.1) is 0 Å². The number of esters is 3. The van der Waals surface area contributed by atoms with Crippen LogP contribution in [0.5, 0.6) is 0 Å². The zero-order chi connectivity index (χ0) is 46.5. The standard InChI is InChI=1S/C58H92O6/c1-4-7-10-13-16-19-22-25-27-28-29-30-31-34-36-39-42-45-48-51-57(60)63-54-55(53-62-56(59)50-47-44-41-38-35-32-24-21-18-15-12-9-6-3)64-58(61)52-49-46-43-40-37-33-26-23-20-17-14-11-8-5-2/h7-12,15-21,24-27,32-33,35,55H,4-6,13-14,22-23,28-31,34,36-54H2,1-3H3/b10-7-,11-8-,12-9-,18-15-,19-16-,20-17-,24-21-,27-25-,33-26-,35-32-. The Labute approximate surface area is 392 Å². The minimum Gasteiger partial charge on any atom is -0.462 e. The third kappa shape index (κ3) is 48.8. The van der Waals surface area contributed by atoms with Gasteiger partial charge in [-0.25, -0.2) is 0 Å². The van der Waals surface area contributed by atoms with Crippen LogP contribution in [0.3, 0.4) is 0 Å². The summed E-state index contributed by atoms with van der Waals surface area (Å²) in [5, 5.41) is 0. The number of hydrogen-bond donors (Lipinski definition) is 0. The number of allylic oxidation sites excluding steroid dienone is 20. The van der Waals surface area contributed by atoms with E-state index in [0.29, 0.717) is 12.8 Å². The summed E-state index contributed by atoms with van der Waals surface area (Å²) in [6, 6.07) is 0. The molecule has 1 atom stereocenters. The predicted molar refractivity (Wildman–Crippen MR) is 274 cm³/mol. The number of ether oxygens (including phenoxy) is 3. The van der Waals surface area contributed by atoms with E-state index in [4.69, 9.17) is 14.2 Å². The molecule has 6 heteroatoms. The van der Waals surface area contributed by atoms with Crippen LogP contribution in [0.4, 0.5) is 0 Å². The van der Waals surface area contributed by atoms with Gasteiger partial charge >= 0.3 is 17.9 Å². The second-order valence-electron chi connectivity index (χ2n) is 16.4. The largest absolute Gasteiger partial charge is 0.462 e. The van der Waals surface area contributed by atoms with Gasteiger partial charge in [-0.05, 0) is 103 Å². The van der Waals surface area contributed by atoms with Crippen molar-refractivity contribution < 1.29 is 28.6 Å². The molecule has 6 nitrogen and oxygen atoms in total. The molecule has 0 aliphatic carbocycles. The fourth-order valence-electron chi connectivity index (χ4n) is 6.54. The van der Waals surface area contributed by atoms with Gasteiger partial charge in [0.05, 0.1) is 0 Å². The van der Waals surface area contributed by atoms with Crippen LogP contribution in [0.15, 0.2) is 122 Å². The van der Waals surface area contributed by atoms with E-state index in [-0.39, 0.29) is 37.5 Å². The summed E-state index contributed by atoms with van der Waals surface area (Å²) >= 11 is 0. The average molecular weight is 885 g/mol. The average Bonchev–Trinajstić information content (AvgIpc) is 3.29. The van der Waals surface area contributed by atoms with Crippen LogP contribution in [-0.2, 0) is 28.6 Å². The second-order valence-corrected chi connectivity index (χ2v) is 16.4. The van der Waals surface area contributed by atoms with Crippen molar-refractivity contribution in [2.75, 3.05) is 13.2 Å². The van der Waals surface area contributed by atoms with Gasteiger partial charge in [-0.2, -0.15) is 0 Å². The number of carbonyl (C=O) groups excluding carboxylic acids is 3. The van der Waals surface area contributed by atoms with Crippen LogP contribution < -0.4 is 0 Å². The number of hydrogen-bond acceptors (Lipinski definition) is 6. The van der Waals surface area contributed by atoms with Crippen LogP contribution >= 0.6 is 0 Å². The highest BCUT2D eigenvalue weighted by Gasteiger charge is 2.19. The molecule has 0 N–H and O–H groups in total. The van der Waals surface area contributed by atoms with Crippen LogP contribution in [0.25, 0.3) is 0 Å². The summed E-state index contributed by atoms with van der Waals surface area (Å²) in [5.41, 5.74) is 0. The normalized spacial score (nSPS) is 13.1. The molecule has 0 amide bonds. The van der Waals surface area contributed by atoms with E-state index < -0.39 is 6.10 Å². The molecule has 0 spiro atoms. The topological polar surface area (TPSA) is 78.9 Å². The fraction of sp³-hybridized carbons (Fsp3) is 0.603. The molecule has 0 radical (unpaired) electrons. The summed E-state index contributed by atoms with van der Waals surface area (Å²) < 4.78 is 16.7. The van der Waals surface area contributed by atoms with E-state index in [0.717, 1.165) is 128 Å². The first-order valence-corrected chi connectivity index (χ1v) is 25.6. The maximum absolute atomic E-state index is 12.8.